The van der Waals surface area contributed by atoms with Crippen molar-refractivity contribution in [1.29, 1.82) is 0 Å². The fourth-order valence-electron chi connectivity index (χ4n) is 1.08. The Hall–Kier alpha value is -0.850. The Kier molecular flexibility index (Phi) is 4.52. The normalized spacial score (nSPS) is 11.4. The van der Waals surface area contributed by atoms with E-state index in [0.29, 0.717) is 6.54 Å². The molecule has 0 amide bonds. The molecule has 0 unspecified atom stereocenters. The smallest absolute Gasteiger partial charge is 0.233 e. The zero-order chi connectivity index (χ0) is 12.2. The number of sulfonamides is 1. The van der Waals surface area contributed by atoms with E-state index in [1.165, 1.54) is 6.07 Å². The van der Waals surface area contributed by atoms with Crippen LogP contribution in [0.5, 0.6) is 0 Å². The van der Waals surface area contributed by atoms with E-state index in [9.17, 15) is 12.8 Å². The quantitative estimate of drug-likeness (QED) is 0.848. The van der Waals surface area contributed by atoms with Crippen LogP contribution in [-0.4, -0.2) is 27.8 Å². The SMILES string of the molecule is CNCCS(=O)(=O)Nc1cc(F)cc(Cl)c1. The standard InChI is InChI=1S/C9H12ClFN2O2S/c1-12-2-3-16(14,15)13-9-5-7(10)4-8(11)6-9/h4-6,12-13H,2-3H2,1H3. The summed E-state index contributed by atoms with van der Waals surface area (Å²) >= 11 is 5.60. The highest BCUT2D eigenvalue weighted by molar-refractivity contribution is 7.92. The van der Waals surface area contributed by atoms with Crippen molar-refractivity contribution in [2.75, 3.05) is 24.1 Å². The van der Waals surface area contributed by atoms with Gasteiger partial charge in [0.15, 0.2) is 0 Å². The molecule has 1 aromatic rings. The zero-order valence-electron chi connectivity index (χ0n) is 8.63. The average molecular weight is 267 g/mol. The summed E-state index contributed by atoms with van der Waals surface area (Å²) in [4.78, 5) is 0. The monoisotopic (exact) mass is 266 g/mol. The van der Waals surface area contributed by atoms with E-state index in [-0.39, 0.29) is 16.5 Å². The first kappa shape index (κ1) is 13.2. The van der Waals surface area contributed by atoms with Gasteiger partial charge in [-0.2, -0.15) is 0 Å². The van der Waals surface area contributed by atoms with Crippen LogP contribution < -0.4 is 10.0 Å². The molecule has 0 saturated carbocycles. The lowest BCUT2D eigenvalue weighted by Crippen LogP contribution is -2.24. The first-order chi connectivity index (χ1) is 7.43. The molecule has 0 aliphatic rings. The summed E-state index contributed by atoms with van der Waals surface area (Å²) in [5, 5.41) is 2.86. The summed E-state index contributed by atoms with van der Waals surface area (Å²) < 4.78 is 38.1. The maximum Gasteiger partial charge on any atom is 0.233 e. The van der Waals surface area contributed by atoms with Crippen LogP contribution in [0.25, 0.3) is 0 Å². The van der Waals surface area contributed by atoms with E-state index >= 15 is 0 Å². The maximum atomic E-state index is 12.9. The third-order valence-corrected chi connectivity index (χ3v) is 3.26. The predicted molar refractivity (Wildman–Crippen MR) is 62.7 cm³/mol. The summed E-state index contributed by atoms with van der Waals surface area (Å²) in [5.74, 6) is -0.670. The van der Waals surface area contributed by atoms with Gasteiger partial charge in [0, 0.05) is 11.6 Å². The molecule has 4 nitrogen and oxygen atoms in total. The Balaban J connectivity index is 2.80. The van der Waals surface area contributed by atoms with Gasteiger partial charge < -0.3 is 5.32 Å². The van der Waals surface area contributed by atoms with Crippen molar-refractivity contribution in [1.82, 2.24) is 5.32 Å². The Morgan fingerprint density at radius 1 is 1.38 bits per heavy atom. The second-order valence-corrected chi connectivity index (χ2v) is 5.46. The Labute approximate surface area is 98.9 Å². The van der Waals surface area contributed by atoms with Crippen LogP contribution in [0.1, 0.15) is 0 Å². The summed E-state index contributed by atoms with van der Waals surface area (Å²) in [6.07, 6.45) is 0. The molecular formula is C9H12ClFN2O2S. The first-order valence-electron chi connectivity index (χ1n) is 4.54. The van der Waals surface area contributed by atoms with Gasteiger partial charge in [-0.05, 0) is 25.2 Å². The third-order valence-electron chi connectivity index (χ3n) is 1.76. The number of hydrogen-bond donors (Lipinski definition) is 2. The van der Waals surface area contributed by atoms with E-state index in [1.807, 2.05) is 0 Å². The first-order valence-corrected chi connectivity index (χ1v) is 6.57. The van der Waals surface area contributed by atoms with Crippen molar-refractivity contribution >= 4 is 27.3 Å². The highest BCUT2D eigenvalue weighted by atomic mass is 35.5. The van der Waals surface area contributed by atoms with Gasteiger partial charge in [-0.15, -0.1) is 0 Å². The lowest BCUT2D eigenvalue weighted by atomic mass is 10.3. The van der Waals surface area contributed by atoms with Gasteiger partial charge in [0.05, 0.1) is 11.4 Å². The number of hydrogen-bond acceptors (Lipinski definition) is 3. The molecule has 0 spiro atoms. The molecule has 0 bridgehead atoms. The average Bonchev–Trinajstić information content (AvgIpc) is 2.12. The number of halogens is 2. The van der Waals surface area contributed by atoms with Crippen LogP contribution in [0.4, 0.5) is 10.1 Å². The highest BCUT2D eigenvalue weighted by Crippen LogP contribution is 2.18. The van der Waals surface area contributed by atoms with Crippen molar-refractivity contribution in [3.8, 4) is 0 Å². The summed E-state index contributed by atoms with van der Waals surface area (Å²) in [5.41, 5.74) is 0.126. The minimum atomic E-state index is -3.47. The molecule has 7 heteroatoms. The van der Waals surface area contributed by atoms with Crippen LogP contribution in [0.15, 0.2) is 18.2 Å². The fraction of sp³-hybridized carbons (Fsp3) is 0.333. The summed E-state index contributed by atoms with van der Waals surface area (Å²) in [7, 11) is -1.82. The Morgan fingerprint density at radius 3 is 2.62 bits per heavy atom. The van der Waals surface area contributed by atoms with E-state index < -0.39 is 15.8 Å². The Morgan fingerprint density at radius 2 is 2.06 bits per heavy atom. The molecule has 1 rings (SSSR count). The van der Waals surface area contributed by atoms with Gasteiger partial charge in [-0.25, -0.2) is 12.8 Å². The number of nitrogens with one attached hydrogen (secondary N) is 2. The maximum absolute atomic E-state index is 12.9. The molecule has 16 heavy (non-hydrogen) atoms. The minimum absolute atomic E-state index is 0.0857. The highest BCUT2D eigenvalue weighted by Gasteiger charge is 2.10. The van der Waals surface area contributed by atoms with Crippen LogP contribution in [0, 0.1) is 5.82 Å². The van der Waals surface area contributed by atoms with Gasteiger partial charge in [0.1, 0.15) is 5.82 Å². The molecule has 0 aromatic heterocycles. The topological polar surface area (TPSA) is 58.2 Å². The van der Waals surface area contributed by atoms with E-state index in [1.54, 1.807) is 7.05 Å². The molecule has 1 aromatic carbocycles. The van der Waals surface area contributed by atoms with Crippen LogP contribution >= 0.6 is 11.6 Å². The molecule has 0 atom stereocenters. The fourth-order valence-corrected chi connectivity index (χ4v) is 2.35. The van der Waals surface area contributed by atoms with Gasteiger partial charge in [-0.3, -0.25) is 4.72 Å². The largest absolute Gasteiger partial charge is 0.319 e. The van der Waals surface area contributed by atoms with Gasteiger partial charge in [0.25, 0.3) is 0 Å². The molecule has 0 heterocycles. The second-order valence-electron chi connectivity index (χ2n) is 3.18. The molecule has 0 radical (unpaired) electrons. The number of anilines is 1. The second kappa shape index (κ2) is 5.47. The van der Waals surface area contributed by atoms with Crippen molar-refractivity contribution in [2.45, 2.75) is 0 Å². The Bertz CT molecular complexity index is 444. The molecular weight excluding hydrogens is 255 g/mol. The van der Waals surface area contributed by atoms with Gasteiger partial charge >= 0.3 is 0 Å². The van der Waals surface area contributed by atoms with E-state index in [2.05, 4.69) is 10.0 Å². The molecule has 0 aliphatic carbocycles. The van der Waals surface area contributed by atoms with Crippen LogP contribution in [0.3, 0.4) is 0 Å². The van der Waals surface area contributed by atoms with Crippen molar-refractivity contribution < 1.29 is 12.8 Å². The van der Waals surface area contributed by atoms with Crippen molar-refractivity contribution in [2.24, 2.45) is 0 Å². The van der Waals surface area contributed by atoms with Crippen LogP contribution in [0.2, 0.25) is 5.02 Å². The van der Waals surface area contributed by atoms with Crippen molar-refractivity contribution in [3.05, 3.63) is 29.0 Å². The van der Waals surface area contributed by atoms with Gasteiger partial charge in [0.2, 0.25) is 10.0 Å². The van der Waals surface area contributed by atoms with E-state index in [0.717, 1.165) is 12.1 Å². The van der Waals surface area contributed by atoms with Crippen molar-refractivity contribution in [3.63, 3.8) is 0 Å². The number of rotatable bonds is 5. The molecule has 0 fully saturated rings. The zero-order valence-corrected chi connectivity index (χ0v) is 10.2. The predicted octanol–water partition coefficient (Wildman–Crippen LogP) is 1.44. The van der Waals surface area contributed by atoms with E-state index in [4.69, 9.17) is 11.6 Å². The lowest BCUT2D eigenvalue weighted by molar-refractivity contribution is 0.598. The lowest BCUT2D eigenvalue weighted by Gasteiger charge is -2.08. The summed E-state index contributed by atoms with van der Waals surface area (Å²) in [6.45, 7) is 0.318. The molecule has 0 saturated heterocycles. The molecule has 90 valence electrons. The third kappa shape index (κ3) is 4.34. The van der Waals surface area contributed by atoms with Gasteiger partial charge in [-0.1, -0.05) is 11.6 Å². The summed E-state index contributed by atoms with van der Waals surface area (Å²) in [6, 6.07) is 3.53. The molecule has 0 aliphatic heterocycles. The number of benzene rings is 1. The molecule has 2 N–H and O–H groups in total. The minimum Gasteiger partial charge on any atom is -0.319 e. The van der Waals surface area contributed by atoms with Crippen LogP contribution in [-0.2, 0) is 10.0 Å².